The van der Waals surface area contributed by atoms with Crippen molar-refractivity contribution in [3.05, 3.63) is 59.2 Å². The Balaban J connectivity index is 1.73. The molecule has 6 heteroatoms. The third kappa shape index (κ3) is 4.39. The van der Waals surface area contributed by atoms with Crippen LogP contribution in [0, 0.1) is 19.8 Å². The zero-order chi connectivity index (χ0) is 19.6. The summed E-state index contributed by atoms with van der Waals surface area (Å²) in [4.78, 5) is 12.8. The summed E-state index contributed by atoms with van der Waals surface area (Å²) in [5.74, 6) is 0.371. The van der Waals surface area contributed by atoms with E-state index in [1.165, 1.54) is 0 Å². The fourth-order valence-electron chi connectivity index (χ4n) is 3.26. The molecule has 1 aliphatic rings. The minimum absolute atomic E-state index is 0.197. The Morgan fingerprint density at radius 3 is 2.30 bits per heavy atom. The number of carbonyl (C=O) groups excluding carboxylic acids is 1. The zero-order valence-corrected chi connectivity index (χ0v) is 16.8. The highest BCUT2D eigenvalue weighted by atomic mass is 32.2. The fraction of sp³-hybridized carbons (Fsp3) is 0.381. The Morgan fingerprint density at radius 1 is 1.04 bits per heavy atom. The van der Waals surface area contributed by atoms with Gasteiger partial charge in [-0.1, -0.05) is 24.6 Å². The van der Waals surface area contributed by atoms with E-state index in [1.807, 2.05) is 32.0 Å². The number of hydrogen-bond donors (Lipinski definition) is 1. The number of anilines is 1. The van der Waals surface area contributed by atoms with Gasteiger partial charge in [-0.2, -0.15) is 4.31 Å². The van der Waals surface area contributed by atoms with E-state index in [0.717, 1.165) is 24.0 Å². The van der Waals surface area contributed by atoms with Crippen molar-refractivity contribution in [3.8, 4) is 0 Å². The zero-order valence-electron chi connectivity index (χ0n) is 16.0. The van der Waals surface area contributed by atoms with Crippen LogP contribution in [0.3, 0.4) is 0 Å². The summed E-state index contributed by atoms with van der Waals surface area (Å²) >= 11 is 0. The number of nitrogens with one attached hydrogen (secondary N) is 1. The smallest absolute Gasteiger partial charge is 0.255 e. The molecule has 1 aliphatic heterocycles. The van der Waals surface area contributed by atoms with Gasteiger partial charge in [0.05, 0.1) is 4.90 Å². The third-order valence-corrected chi connectivity index (χ3v) is 7.04. The number of aryl methyl sites for hydroxylation is 2. The van der Waals surface area contributed by atoms with Crippen LogP contribution in [0.4, 0.5) is 5.69 Å². The first kappa shape index (κ1) is 19.6. The van der Waals surface area contributed by atoms with Crippen molar-refractivity contribution in [2.75, 3.05) is 18.4 Å². The molecular weight excluding hydrogens is 360 g/mol. The predicted octanol–water partition coefficient (Wildman–Crippen LogP) is 3.98. The van der Waals surface area contributed by atoms with E-state index < -0.39 is 10.0 Å². The first-order chi connectivity index (χ1) is 12.8. The maximum absolute atomic E-state index is 12.8. The molecule has 0 aromatic heterocycles. The molecule has 2 aromatic rings. The van der Waals surface area contributed by atoms with Gasteiger partial charge in [0.15, 0.2) is 0 Å². The minimum atomic E-state index is -3.47. The summed E-state index contributed by atoms with van der Waals surface area (Å²) in [5, 5.41) is 2.84. The van der Waals surface area contributed by atoms with E-state index in [0.29, 0.717) is 30.3 Å². The number of sulfonamides is 1. The van der Waals surface area contributed by atoms with Gasteiger partial charge in [0.25, 0.3) is 5.91 Å². The van der Waals surface area contributed by atoms with Crippen LogP contribution >= 0.6 is 0 Å². The molecule has 27 heavy (non-hydrogen) atoms. The summed E-state index contributed by atoms with van der Waals surface area (Å²) < 4.78 is 27.1. The SMILES string of the molecule is Cc1ccc(C)c(C(=O)Nc2ccc(S(=O)(=O)N3CCC(C)CC3)cc2)c1. The molecule has 0 radical (unpaired) electrons. The molecule has 5 nitrogen and oxygen atoms in total. The lowest BCUT2D eigenvalue weighted by molar-refractivity contribution is 0.102. The number of benzene rings is 2. The molecule has 1 saturated heterocycles. The standard InChI is InChI=1S/C21H26N2O3S/c1-15-10-12-23(13-11-15)27(25,26)19-8-6-18(7-9-19)22-21(24)20-14-16(2)4-5-17(20)3/h4-9,14-15H,10-13H2,1-3H3,(H,22,24). The van der Waals surface area contributed by atoms with Crippen LogP contribution in [0.2, 0.25) is 0 Å². The molecule has 3 rings (SSSR count). The second kappa shape index (κ2) is 7.82. The average Bonchev–Trinajstić information content (AvgIpc) is 2.64. The van der Waals surface area contributed by atoms with E-state index in [2.05, 4.69) is 12.2 Å². The molecule has 1 fully saturated rings. The molecule has 2 aromatic carbocycles. The van der Waals surface area contributed by atoms with Gasteiger partial charge in [-0.3, -0.25) is 4.79 Å². The maximum Gasteiger partial charge on any atom is 0.255 e. The van der Waals surface area contributed by atoms with Gasteiger partial charge in [0.2, 0.25) is 10.0 Å². The second-order valence-electron chi connectivity index (χ2n) is 7.38. The first-order valence-corrected chi connectivity index (χ1v) is 10.7. The Bertz CT molecular complexity index is 928. The number of amides is 1. The summed E-state index contributed by atoms with van der Waals surface area (Å²) in [7, 11) is -3.47. The van der Waals surface area contributed by atoms with Crippen molar-refractivity contribution in [1.29, 1.82) is 0 Å². The van der Waals surface area contributed by atoms with Crippen LogP contribution in [0.25, 0.3) is 0 Å². The van der Waals surface area contributed by atoms with Crippen LogP contribution in [-0.4, -0.2) is 31.7 Å². The number of hydrogen-bond acceptors (Lipinski definition) is 3. The summed E-state index contributed by atoms with van der Waals surface area (Å²) in [6.45, 7) is 7.11. The summed E-state index contributed by atoms with van der Waals surface area (Å²) in [6, 6.07) is 12.1. The largest absolute Gasteiger partial charge is 0.322 e. The van der Waals surface area contributed by atoms with Crippen molar-refractivity contribution in [3.63, 3.8) is 0 Å². The molecule has 0 bridgehead atoms. The molecule has 1 N–H and O–H groups in total. The highest BCUT2D eigenvalue weighted by Crippen LogP contribution is 2.24. The Labute approximate surface area is 161 Å². The number of rotatable bonds is 4. The fourth-order valence-corrected chi connectivity index (χ4v) is 4.73. The topological polar surface area (TPSA) is 66.5 Å². The van der Waals surface area contributed by atoms with E-state index in [4.69, 9.17) is 0 Å². The summed E-state index contributed by atoms with van der Waals surface area (Å²) in [5.41, 5.74) is 3.11. The molecule has 0 aliphatic carbocycles. The van der Waals surface area contributed by atoms with Crippen LogP contribution in [-0.2, 0) is 10.0 Å². The van der Waals surface area contributed by atoms with Gasteiger partial charge in [-0.05, 0) is 68.5 Å². The number of piperidine rings is 1. The van der Waals surface area contributed by atoms with Gasteiger partial charge in [0, 0.05) is 24.3 Å². The quantitative estimate of drug-likeness (QED) is 0.864. The summed E-state index contributed by atoms with van der Waals surface area (Å²) in [6.07, 6.45) is 1.78. The van der Waals surface area contributed by atoms with E-state index >= 15 is 0 Å². The number of carbonyl (C=O) groups is 1. The molecular formula is C21H26N2O3S. The van der Waals surface area contributed by atoms with Crippen molar-refractivity contribution < 1.29 is 13.2 Å². The highest BCUT2D eigenvalue weighted by molar-refractivity contribution is 7.89. The highest BCUT2D eigenvalue weighted by Gasteiger charge is 2.27. The Hall–Kier alpha value is -2.18. The maximum atomic E-state index is 12.8. The average molecular weight is 387 g/mol. The van der Waals surface area contributed by atoms with Gasteiger partial charge >= 0.3 is 0 Å². The lowest BCUT2D eigenvalue weighted by atomic mass is 10.0. The Kier molecular flexibility index (Phi) is 5.67. The molecule has 1 heterocycles. The molecule has 0 saturated carbocycles. The molecule has 0 atom stereocenters. The first-order valence-electron chi connectivity index (χ1n) is 9.26. The molecule has 0 spiro atoms. The van der Waals surface area contributed by atoms with Gasteiger partial charge < -0.3 is 5.32 Å². The van der Waals surface area contributed by atoms with E-state index in [9.17, 15) is 13.2 Å². The van der Waals surface area contributed by atoms with Gasteiger partial charge in [0.1, 0.15) is 0 Å². The van der Waals surface area contributed by atoms with Gasteiger partial charge in [-0.15, -0.1) is 0 Å². The Morgan fingerprint density at radius 2 is 1.67 bits per heavy atom. The van der Waals surface area contributed by atoms with Crippen molar-refractivity contribution in [2.24, 2.45) is 5.92 Å². The molecule has 0 unspecified atom stereocenters. The lowest BCUT2D eigenvalue weighted by Gasteiger charge is -2.29. The number of nitrogens with zero attached hydrogens (tertiary/aromatic N) is 1. The third-order valence-electron chi connectivity index (χ3n) is 5.13. The predicted molar refractivity (Wildman–Crippen MR) is 107 cm³/mol. The van der Waals surface area contributed by atoms with E-state index in [1.54, 1.807) is 28.6 Å². The molecule has 144 valence electrons. The lowest BCUT2D eigenvalue weighted by Crippen LogP contribution is -2.37. The van der Waals surface area contributed by atoms with Crippen molar-refractivity contribution >= 4 is 21.6 Å². The normalized spacial score (nSPS) is 16.3. The molecule has 1 amide bonds. The van der Waals surface area contributed by atoms with Crippen LogP contribution in [0.15, 0.2) is 47.4 Å². The van der Waals surface area contributed by atoms with Crippen LogP contribution in [0.1, 0.15) is 41.3 Å². The van der Waals surface area contributed by atoms with Gasteiger partial charge in [-0.25, -0.2) is 8.42 Å². The van der Waals surface area contributed by atoms with Crippen LogP contribution < -0.4 is 5.32 Å². The van der Waals surface area contributed by atoms with Crippen molar-refractivity contribution in [1.82, 2.24) is 4.31 Å². The monoisotopic (exact) mass is 386 g/mol. The minimum Gasteiger partial charge on any atom is -0.322 e. The second-order valence-corrected chi connectivity index (χ2v) is 9.32. The van der Waals surface area contributed by atoms with Crippen molar-refractivity contribution in [2.45, 2.75) is 38.5 Å². The van der Waals surface area contributed by atoms with Crippen LogP contribution in [0.5, 0.6) is 0 Å². The van der Waals surface area contributed by atoms with E-state index in [-0.39, 0.29) is 10.8 Å².